The number of urea groups is 1. The molecule has 1 aliphatic rings. The van der Waals surface area contributed by atoms with Crippen LogP contribution in [0.15, 0.2) is 53.5 Å². The van der Waals surface area contributed by atoms with Crippen molar-refractivity contribution in [1.82, 2.24) is 15.5 Å². The van der Waals surface area contributed by atoms with Crippen LogP contribution < -0.4 is 16.0 Å². The van der Waals surface area contributed by atoms with Gasteiger partial charge in [0.25, 0.3) is 0 Å². The number of guanidine groups is 1. The summed E-state index contributed by atoms with van der Waals surface area (Å²) < 4.78 is 0. The number of anilines is 1. The van der Waals surface area contributed by atoms with Crippen molar-refractivity contribution in [2.75, 3.05) is 31.5 Å². The number of aliphatic imine (C=N–C) groups is 1. The molecule has 160 valence electrons. The maximum atomic E-state index is 12.3. The molecule has 30 heavy (non-hydrogen) atoms. The van der Waals surface area contributed by atoms with Gasteiger partial charge in [0.1, 0.15) is 0 Å². The number of rotatable bonds is 7. The minimum atomic E-state index is -0.0253. The van der Waals surface area contributed by atoms with Crippen LogP contribution in [-0.4, -0.2) is 43.1 Å². The maximum absolute atomic E-state index is 12.3. The van der Waals surface area contributed by atoms with Gasteiger partial charge in [-0.3, -0.25) is 0 Å². The summed E-state index contributed by atoms with van der Waals surface area (Å²) in [5.41, 5.74) is 2.96. The van der Waals surface area contributed by atoms with E-state index in [1.54, 1.807) is 0 Å². The van der Waals surface area contributed by atoms with Gasteiger partial charge in [-0.25, -0.2) is 9.79 Å². The number of halogens is 1. The topological polar surface area (TPSA) is 68.8 Å². The predicted octanol–water partition coefficient (Wildman–Crippen LogP) is 4.27. The highest BCUT2D eigenvalue weighted by atomic mass is 35.5. The fourth-order valence-electron chi connectivity index (χ4n) is 3.40. The Kier molecular flexibility index (Phi) is 8.39. The van der Waals surface area contributed by atoms with E-state index in [1.807, 2.05) is 60.4 Å². The zero-order chi connectivity index (χ0) is 21.2. The van der Waals surface area contributed by atoms with Gasteiger partial charge in [-0.2, -0.15) is 0 Å². The molecule has 0 aromatic heterocycles. The molecule has 0 aliphatic carbocycles. The molecule has 0 radical (unpaired) electrons. The van der Waals surface area contributed by atoms with E-state index in [-0.39, 0.29) is 6.03 Å². The van der Waals surface area contributed by atoms with E-state index in [2.05, 4.69) is 20.9 Å². The molecule has 0 spiro atoms. The predicted molar refractivity (Wildman–Crippen MR) is 124 cm³/mol. The Bertz CT molecular complexity index is 864. The molecule has 1 aliphatic heterocycles. The van der Waals surface area contributed by atoms with Gasteiger partial charge in [-0.1, -0.05) is 41.9 Å². The molecule has 2 aromatic rings. The summed E-state index contributed by atoms with van der Waals surface area (Å²) in [7, 11) is 0. The highest BCUT2D eigenvalue weighted by Crippen LogP contribution is 2.16. The van der Waals surface area contributed by atoms with Gasteiger partial charge < -0.3 is 20.9 Å². The molecule has 3 N–H and O–H groups in total. The molecule has 0 unspecified atom stereocenters. The molecular weight excluding hydrogens is 398 g/mol. The second-order valence-electron chi connectivity index (χ2n) is 7.29. The summed E-state index contributed by atoms with van der Waals surface area (Å²) in [5, 5.41) is 10.4. The smallest absolute Gasteiger partial charge is 0.321 e. The quantitative estimate of drug-likeness (QED) is 0.456. The van der Waals surface area contributed by atoms with Gasteiger partial charge in [-0.05, 0) is 55.5 Å². The second-order valence-corrected chi connectivity index (χ2v) is 7.70. The molecule has 2 aromatic carbocycles. The van der Waals surface area contributed by atoms with E-state index >= 15 is 0 Å². The van der Waals surface area contributed by atoms with Crippen LogP contribution in [0.4, 0.5) is 10.5 Å². The Hall–Kier alpha value is -2.73. The summed E-state index contributed by atoms with van der Waals surface area (Å²) in [5.74, 6) is 0.760. The van der Waals surface area contributed by atoms with Gasteiger partial charge >= 0.3 is 6.03 Å². The molecule has 0 saturated carbocycles. The minimum absolute atomic E-state index is 0.0253. The van der Waals surface area contributed by atoms with Gasteiger partial charge in [-0.15, -0.1) is 0 Å². The summed E-state index contributed by atoms with van der Waals surface area (Å²) >= 11 is 6.23. The van der Waals surface area contributed by atoms with Crippen LogP contribution >= 0.6 is 11.6 Å². The average Bonchev–Trinajstić information content (AvgIpc) is 3.29. The van der Waals surface area contributed by atoms with E-state index in [0.29, 0.717) is 6.54 Å². The highest BCUT2D eigenvalue weighted by molar-refractivity contribution is 6.31. The Morgan fingerprint density at radius 1 is 1.10 bits per heavy atom. The third-order valence-electron chi connectivity index (χ3n) is 4.98. The number of hydrogen-bond acceptors (Lipinski definition) is 2. The Morgan fingerprint density at radius 3 is 2.67 bits per heavy atom. The number of benzene rings is 2. The van der Waals surface area contributed by atoms with E-state index < -0.39 is 0 Å². The summed E-state index contributed by atoms with van der Waals surface area (Å²) in [6, 6.07) is 15.7. The SMILES string of the molecule is CCNC(=NCc1cccc(NC(=O)N2CCCC2)c1)NCCc1ccccc1Cl. The number of hydrogen-bond donors (Lipinski definition) is 3. The highest BCUT2D eigenvalue weighted by Gasteiger charge is 2.17. The van der Waals surface area contributed by atoms with Crippen molar-refractivity contribution < 1.29 is 4.79 Å². The van der Waals surface area contributed by atoms with Crippen LogP contribution in [0.25, 0.3) is 0 Å². The van der Waals surface area contributed by atoms with E-state index in [1.165, 1.54) is 0 Å². The minimum Gasteiger partial charge on any atom is -0.357 e. The first kappa shape index (κ1) is 22.0. The van der Waals surface area contributed by atoms with Crippen molar-refractivity contribution in [3.05, 3.63) is 64.7 Å². The first-order valence-electron chi connectivity index (χ1n) is 10.6. The van der Waals surface area contributed by atoms with Gasteiger partial charge in [0, 0.05) is 36.9 Å². The number of amides is 2. The molecule has 1 saturated heterocycles. The largest absolute Gasteiger partial charge is 0.357 e. The summed E-state index contributed by atoms with van der Waals surface area (Å²) in [6.45, 7) is 5.75. The van der Waals surface area contributed by atoms with Crippen molar-refractivity contribution in [2.45, 2.75) is 32.7 Å². The zero-order valence-corrected chi connectivity index (χ0v) is 18.2. The standard InChI is InChI=1S/C23H30ClN5O/c1-2-25-22(26-13-12-19-9-3-4-11-21(19)24)27-17-18-8-7-10-20(16-18)28-23(30)29-14-5-6-15-29/h3-4,7-11,16H,2,5-6,12-15,17H2,1H3,(H,28,30)(H2,25,26,27). The molecule has 2 amide bonds. The number of nitrogens with one attached hydrogen (secondary N) is 3. The number of carbonyl (C=O) groups is 1. The molecule has 6 nitrogen and oxygen atoms in total. The lowest BCUT2D eigenvalue weighted by Crippen LogP contribution is -2.38. The third-order valence-corrected chi connectivity index (χ3v) is 5.35. The van der Waals surface area contributed by atoms with Gasteiger partial charge in [0.05, 0.1) is 6.54 Å². The lowest BCUT2D eigenvalue weighted by atomic mass is 10.1. The van der Waals surface area contributed by atoms with Crippen LogP contribution in [0.5, 0.6) is 0 Å². The van der Waals surface area contributed by atoms with E-state index in [4.69, 9.17) is 11.6 Å². The Labute approximate surface area is 183 Å². The molecule has 3 rings (SSSR count). The molecule has 1 fully saturated rings. The van der Waals surface area contributed by atoms with Crippen molar-refractivity contribution in [3.8, 4) is 0 Å². The van der Waals surface area contributed by atoms with Crippen LogP contribution in [0.3, 0.4) is 0 Å². The van der Waals surface area contributed by atoms with Crippen molar-refractivity contribution in [2.24, 2.45) is 4.99 Å². The first-order valence-corrected chi connectivity index (χ1v) is 10.9. The molecular formula is C23H30ClN5O. The second kappa shape index (κ2) is 11.5. The number of nitrogens with zero attached hydrogens (tertiary/aromatic N) is 2. The van der Waals surface area contributed by atoms with Crippen molar-refractivity contribution in [1.29, 1.82) is 0 Å². The van der Waals surface area contributed by atoms with Crippen LogP contribution in [0.2, 0.25) is 5.02 Å². The maximum Gasteiger partial charge on any atom is 0.321 e. The average molecular weight is 428 g/mol. The van der Waals surface area contributed by atoms with Crippen molar-refractivity contribution >= 4 is 29.3 Å². The van der Waals surface area contributed by atoms with Gasteiger partial charge in [0.15, 0.2) is 5.96 Å². The zero-order valence-electron chi connectivity index (χ0n) is 17.5. The first-order chi connectivity index (χ1) is 14.7. The molecule has 0 atom stereocenters. The normalized spacial score (nSPS) is 13.9. The molecule has 0 bridgehead atoms. The number of likely N-dealkylation sites (tertiary alicyclic amines) is 1. The fraction of sp³-hybridized carbons (Fsp3) is 0.391. The van der Waals surface area contributed by atoms with Crippen LogP contribution in [-0.2, 0) is 13.0 Å². The van der Waals surface area contributed by atoms with Crippen LogP contribution in [0, 0.1) is 0 Å². The monoisotopic (exact) mass is 427 g/mol. The van der Waals surface area contributed by atoms with E-state index in [9.17, 15) is 4.79 Å². The molecule has 7 heteroatoms. The lowest BCUT2D eigenvalue weighted by molar-refractivity contribution is 0.222. The molecule has 1 heterocycles. The summed E-state index contributed by atoms with van der Waals surface area (Å²) in [4.78, 5) is 18.8. The third kappa shape index (κ3) is 6.66. The lowest BCUT2D eigenvalue weighted by Gasteiger charge is -2.16. The van der Waals surface area contributed by atoms with Crippen LogP contribution in [0.1, 0.15) is 30.9 Å². The van der Waals surface area contributed by atoms with E-state index in [0.717, 1.165) is 73.2 Å². The number of carbonyl (C=O) groups excluding carboxylic acids is 1. The van der Waals surface area contributed by atoms with Crippen molar-refractivity contribution in [3.63, 3.8) is 0 Å². The Balaban J connectivity index is 1.54. The summed E-state index contributed by atoms with van der Waals surface area (Å²) in [6.07, 6.45) is 2.99. The Morgan fingerprint density at radius 2 is 1.90 bits per heavy atom. The van der Waals surface area contributed by atoms with Gasteiger partial charge in [0.2, 0.25) is 0 Å². The fourth-order valence-corrected chi connectivity index (χ4v) is 3.63.